The maximum atomic E-state index is 12.0. The van der Waals surface area contributed by atoms with Gasteiger partial charge in [-0.15, -0.1) is 24.0 Å². The van der Waals surface area contributed by atoms with E-state index in [2.05, 4.69) is 44.2 Å². The lowest BCUT2D eigenvalue weighted by Gasteiger charge is -2.22. The number of sulfonamides is 1. The molecular formula is C20H27IN4O2S. The molecule has 1 unspecified atom stereocenters. The van der Waals surface area contributed by atoms with Crippen LogP contribution in [0.25, 0.3) is 0 Å². The highest BCUT2D eigenvalue weighted by molar-refractivity contribution is 14.0. The van der Waals surface area contributed by atoms with Crippen molar-refractivity contribution in [3.8, 4) is 0 Å². The maximum absolute atomic E-state index is 12.0. The van der Waals surface area contributed by atoms with Crippen molar-refractivity contribution in [2.24, 2.45) is 4.99 Å². The summed E-state index contributed by atoms with van der Waals surface area (Å²) in [7, 11) is -0.244. The quantitative estimate of drug-likeness (QED) is 0.366. The molecule has 0 aromatic heterocycles. The summed E-state index contributed by atoms with van der Waals surface area (Å²) in [6.07, 6.45) is 1.10. The van der Waals surface area contributed by atoms with Gasteiger partial charge in [-0.25, -0.2) is 13.1 Å². The van der Waals surface area contributed by atoms with Crippen molar-refractivity contribution in [1.82, 2.24) is 14.9 Å². The number of likely N-dealkylation sites (tertiary alicyclic amines) is 1. The fourth-order valence-electron chi connectivity index (χ4n) is 3.40. The van der Waals surface area contributed by atoms with Crippen LogP contribution in [0.15, 0.2) is 64.5 Å². The first-order valence-electron chi connectivity index (χ1n) is 9.06. The summed E-state index contributed by atoms with van der Waals surface area (Å²) < 4.78 is 26.3. The van der Waals surface area contributed by atoms with E-state index in [0.717, 1.165) is 31.0 Å². The van der Waals surface area contributed by atoms with Crippen molar-refractivity contribution in [2.75, 3.05) is 27.2 Å². The van der Waals surface area contributed by atoms with E-state index in [9.17, 15) is 8.42 Å². The number of hydrogen-bond donors (Lipinski definition) is 2. The third-order valence-corrected chi connectivity index (χ3v) is 6.31. The van der Waals surface area contributed by atoms with Crippen LogP contribution in [-0.4, -0.2) is 46.5 Å². The van der Waals surface area contributed by atoms with Crippen LogP contribution in [0, 0.1) is 0 Å². The fraction of sp³-hybridized carbons (Fsp3) is 0.350. The minimum absolute atomic E-state index is 0. The largest absolute Gasteiger partial charge is 0.352 e. The summed E-state index contributed by atoms with van der Waals surface area (Å²) in [6.45, 7) is 2.40. The van der Waals surface area contributed by atoms with Crippen LogP contribution in [0.5, 0.6) is 0 Å². The van der Waals surface area contributed by atoms with Crippen molar-refractivity contribution in [1.29, 1.82) is 0 Å². The van der Waals surface area contributed by atoms with Crippen molar-refractivity contribution < 1.29 is 8.42 Å². The zero-order valence-corrected chi connectivity index (χ0v) is 19.3. The lowest BCUT2D eigenvalue weighted by atomic mass is 9.99. The van der Waals surface area contributed by atoms with Gasteiger partial charge in [0.15, 0.2) is 5.96 Å². The maximum Gasteiger partial charge on any atom is 0.240 e. The molecule has 3 rings (SSSR count). The number of nitrogens with one attached hydrogen (secondary N) is 2. The van der Waals surface area contributed by atoms with Gasteiger partial charge in [-0.1, -0.05) is 42.5 Å². The van der Waals surface area contributed by atoms with Crippen LogP contribution in [-0.2, 0) is 16.6 Å². The second kappa shape index (κ2) is 10.2. The highest BCUT2D eigenvalue weighted by Crippen LogP contribution is 2.26. The number of rotatable bonds is 5. The van der Waals surface area contributed by atoms with Gasteiger partial charge in [0.1, 0.15) is 0 Å². The molecule has 152 valence electrons. The van der Waals surface area contributed by atoms with Gasteiger partial charge in [0.05, 0.1) is 4.90 Å². The first-order chi connectivity index (χ1) is 13.0. The highest BCUT2D eigenvalue weighted by Gasteiger charge is 2.25. The SMILES string of the molecule is CN=C(NCc1cccc(S(=O)(=O)NC)c1)N1CCC(c2ccccc2)C1.I. The number of aliphatic imine (C=N–C) groups is 1. The van der Waals surface area contributed by atoms with Crippen molar-refractivity contribution >= 4 is 40.0 Å². The standard InChI is InChI=1S/C20H26N4O2S.HI/c1-21-20(24-12-11-18(15-24)17-8-4-3-5-9-17)23-14-16-7-6-10-19(13-16)27(25,26)22-2;/h3-10,13,18,22H,11-12,14-15H2,1-2H3,(H,21,23);1H. The Morgan fingerprint density at radius 2 is 1.93 bits per heavy atom. The first-order valence-corrected chi connectivity index (χ1v) is 10.5. The Morgan fingerprint density at radius 3 is 2.61 bits per heavy atom. The lowest BCUT2D eigenvalue weighted by molar-refractivity contribution is 0.486. The topological polar surface area (TPSA) is 73.8 Å². The number of guanidine groups is 1. The van der Waals surface area contributed by atoms with Crippen LogP contribution < -0.4 is 10.0 Å². The normalized spacial score (nSPS) is 17.3. The van der Waals surface area contributed by atoms with Gasteiger partial charge in [0, 0.05) is 32.6 Å². The number of halogens is 1. The molecule has 2 aromatic rings. The van der Waals surface area contributed by atoms with E-state index in [1.165, 1.54) is 12.6 Å². The minimum Gasteiger partial charge on any atom is -0.352 e. The summed E-state index contributed by atoms with van der Waals surface area (Å²) >= 11 is 0. The summed E-state index contributed by atoms with van der Waals surface area (Å²) in [5.41, 5.74) is 2.26. The van der Waals surface area contributed by atoms with Crippen LogP contribution in [0.3, 0.4) is 0 Å². The van der Waals surface area contributed by atoms with Gasteiger partial charge in [-0.3, -0.25) is 4.99 Å². The number of hydrogen-bond acceptors (Lipinski definition) is 3. The molecule has 8 heteroatoms. The minimum atomic E-state index is -3.44. The Morgan fingerprint density at radius 1 is 1.18 bits per heavy atom. The van der Waals surface area contributed by atoms with Crippen LogP contribution in [0.1, 0.15) is 23.5 Å². The number of benzene rings is 2. The van der Waals surface area contributed by atoms with E-state index in [1.807, 2.05) is 12.1 Å². The zero-order valence-electron chi connectivity index (χ0n) is 16.1. The predicted octanol–water partition coefficient (Wildman–Crippen LogP) is 2.78. The van der Waals surface area contributed by atoms with E-state index in [1.54, 1.807) is 25.2 Å². The van der Waals surface area contributed by atoms with Crippen molar-refractivity contribution in [3.63, 3.8) is 0 Å². The van der Waals surface area contributed by atoms with E-state index >= 15 is 0 Å². The number of nitrogens with zero attached hydrogens (tertiary/aromatic N) is 2. The smallest absolute Gasteiger partial charge is 0.240 e. The third-order valence-electron chi connectivity index (χ3n) is 4.90. The molecule has 1 saturated heterocycles. The average molecular weight is 514 g/mol. The van der Waals surface area contributed by atoms with Gasteiger partial charge < -0.3 is 10.2 Å². The van der Waals surface area contributed by atoms with Gasteiger partial charge in [-0.2, -0.15) is 0 Å². The predicted molar refractivity (Wildman–Crippen MR) is 124 cm³/mol. The van der Waals surface area contributed by atoms with E-state index in [-0.39, 0.29) is 28.9 Å². The highest BCUT2D eigenvalue weighted by atomic mass is 127. The van der Waals surface area contributed by atoms with Crippen LogP contribution in [0.2, 0.25) is 0 Å². The molecule has 1 atom stereocenters. The molecule has 0 saturated carbocycles. The molecule has 1 aliphatic rings. The molecule has 0 amide bonds. The second-order valence-electron chi connectivity index (χ2n) is 6.60. The van der Waals surface area contributed by atoms with Crippen molar-refractivity contribution in [3.05, 3.63) is 65.7 Å². The molecule has 2 aromatic carbocycles. The van der Waals surface area contributed by atoms with Gasteiger partial charge >= 0.3 is 0 Å². The average Bonchev–Trinajstić information content (AvgIpc) is 3.19. The zero-order chi connectivity index (χ0) is 19.3. The molecule has 0 bridgehead atoms. The molecule has 6 nitrogen and oxygen atoms in total. The third kappa shape index (κ3) is 5.45. The van der Waals surface area contributed by atoms with E-state index < -0.39 is 10.0 Å². The molecule has 1 heterocycles. The fourth-order valence-corrected chi connectivity index (χ4v) is 4.20. The van der Waals surface area contributed by atoms with Gasteiger partial charge in [-0.05, 0) is 36.7 Å². The molecule has 0 aliphatic carbocycles. The van der Waals surface area contributed by atoms with Crippen molar-refractivity contribution in [2.45, 2.75) is 23.8 Å². The first kappa shape index (κ1) is 22.6. The molecule has 0 spiro atoms. The van der Waals surface area contributed by atoms with Gasteiger partial charge in [0.25, 0.3) is 0 Å². The monoisotopic (exact) mass is 514 g/mol. The molecule has 1 aliphatic heterocycles. The summed E-state index contributed by atoms with van der Waals surface area (Å²) in [6, 6.07) is 17.5. The molecule has 1 fully saturated rings. The van der Waals surface area contributed by atoms with Gasteiger partial charge in [0.2, 0.25) is 10.0 Å². The van der Waals surface area contributed by atoms with E-state index in [0.29, 0.717) is 12.5 Å². The summed E-state index contributed by atoms with van der Waals surface area (Å²) in [5, 5.41) is 3.36. The molecule has 0 radical (unpaired) electrons. The Balaban J connectivity index is 0.00000280. The lowest BCUT2D eigenvalue weighted by Crippen LogP contribution is -2.39. The molecule has 28 heavy (non-hydrogen) atoms. The molecule has 2 N–H and O–H groups in total. The van der Waals surface area contributed by atoms with E-state index in [4.69, 9.17) is 0 Å². The Hall–Kier alpha value is -1.65. The summed E-state index contributed by atoms with van der Waals surface area (Å²) in [4.78, 5) is 6.93. The Kier molecular flexibility index (Phi) is 8.26. The second-order valence-corrected chi connectivity index (χ2v) is 8.48. The van der Waals surface area contributed by atoms with Crippen LogP contribution in [0.4, 0.5) is 0 Å². The summed E-state index contributed by atoms with van der Waals surface area (Å²) in [5.74, 6) is 1.35. The molecular weight excluding hydrogens is 487 g/mol. The Labute approximate surface area is 184 Å². The van der Waals surface area contributed by atoms with Crippen LogP contribution >= 0.6 is 24.0 Å². The Bertz CT molecular complexity index is 903.